The van der Waals surface area contributed by atoms with Crippen molar-refractivity contribution in [3.05, 3.63) is 64.0 Å². The van der Waals surface area contributed by atoms with Crippen molar-refractivity contribution in [3.63, 3.8) is 0 Å². The Morgan fingerprint density at radius 2 is 1.30 bits per heavy atom. The predicted molar refractivity (Wildman–Crippen MR) is 133 cm³/mol. The van der Waals surface area contributed by atoms with Gasteiger partial charge in [-0.15, -0.1) is 0 Å². The number of hydrogen-bond donors (Lipinski definition) is 0. The van der Waals surface area contributed by atoms with Crippen LogP contribution in [-0.4, -0.2) is 79.0 Å². The molecule has 1 aliphatic heterocycles. The van der Waals surface area contributed by atoms with E-state index >= 15 is 0 Å². The Morgan fingerprint density at radius 3 is 1.92 bits per heavy atom. The summed E-state index contributed by atoms with van der Waals surface area (Å²) in [5.41, 5.74) is -0.234. The monoisotopic (exact) mass is 514 g/mol. The van der Waals surface area contributed by atoms with Crippen molar-refractivity contribution in [2.75, 3.05) is 73.2 Å². The maximum Gasteiger partial charge on any atom is 0.347 e. The smallest absolute Gasteiger partial charge is 0.347 e. The van der Waals surface area contributed by atoms with E-state index in [2.05, 4.69) is 0 Å². The molecule has 10 heteroatoms. The number of rotatable bonds is 3. The van der Waals surface area contributed by atoms with E-state index in [9.17, 15) is 9.59 Å². The van der Waals surface area contributed by atoms with Crippen molar-refractivity contribution in [3.8, 4) is 17.2 Å². The maximum absolute atomic E-state index is 13.3. The summed E-state index contributed by atoms with van der Waals surface area (Å²) in [4.78, 5) is 25.9. The molecule has 0 fully saturated rings. The fraction of sp³-hybridized carbons (Fsp3) is 0.407. The zero-order valence-electron chi connectivity index (χ0n) is 20.7. The second-order valence-electron chi connectivity index (χ2n) is 7.99. The molecule has 1 aromatic heterocycles. The topological polar surface area (TPSA) is 112 Å². The first-order valence-electron chi connectivity index (χ1n) is 12.0. The van der Waals surface area contributed by atoms with E-state index in [1.165, 1.54) is 13.2 Å². The number of methoxy groups -OCH3 is 1. The number of carbonyl (C=O) groups is 1. The quantitative estimate of drug-likeness (QED) is 0.382. The van der Waals surface area contributed by atoms with E-state index in [1.54, 1.807) is 36.4 Å². The fourth-order valence-corrected chi connectivity index (χ4v) is 3.60. The molecule has 2 aromatic carbocycles. The normalized spacial score (nSPS) is 16.5. The van der Waals surface area contributed by atoms with Gasteiger partial charge in [0.1, 0.15) is 30.1 Å². The molecule has 0 spiro atoms. The number of benzene rings is 2. The van der Waals surface area contributed by atoms with Crippen LogP contribution in [0.15, 0.2) is 51.7 Å². The van der Waals surface area contributed by atoms with Crippen LogP contribution in [0.2, 0.25) is 0 Å². The van der Waals surface area contributed by atoms with Gasteiger partial charge >= 0.3 is 5.63 Å². The summed E-state index contributed by atoms with van der Waals surface area (Å²) >= 11 is 0. The molecule has 4 rings (SSSR count). The lowest BCUT2D eigenvalue weighted by molar-refractivity contribution is -0.00841. The highest BCUT2D eigenvalue weighted by Gasteiger charge is 2.19. The Labute approximate surface area is 213 Å². The van der Waals surface area contributed by atoms with Gasteiger partial charge in [-0.25, -0.2) is 4.79 Å². The molecular weight excluding hydrogens is 484 g/mol. The van der Waals surface area contributed by atoms with Crippen LogP contribution in [0.4, 0.5) is 0 Å². The van der Waals surface area contributed by atoms with Crippen molar-refractivity contribution in [1.82, 2.24) is 0 Å². The van der Waals surface area contributed by atoms with E-state index in [4.69, 9.17) is 37.6 Å². The minimum atomic E-state index is -0.738. The first-order chi connectivity index (χ1) is 18.2. The lowest BCUT2D eigenvalue weighted by Crippen LogP contribution is -2.17. The third-order valence-corrected chi connectivity index (χ3v) is 5.48. The summed E-state index contributed by atoms with van der Waals surface area (Å²) in [7, 11) is 1.52. The van der Waals surface area contributed by atoms with Gasteiger partial charge in [-0.1, -0.05) is 0 Å². The van der Waals surface area contributed by atoms with Crippen LogP contribution in [0.5, 0.6) is 17.2 Å². The Balaban J connectivity index is 1.52. The molecule has 0 amide bonds. The predicted octanol–water partition coefficient (Wildman–Crippen LogP) is 2.87. The molecule has 0 N–H and O–H groups in total. The van der Waals surface area contributed by atoms with Gasteiger partial charge in [-0.3, -0.25) is 4.79 Å². The minimum Gasteiger partial charge on any atom is -0.497 e. The Bertz CT molecular complexity index is 1240. The van der Waals surface area contributed by atoms with Crippen molar-refractivity contribution >= 4 is 16.8 Å². The van der Waals surface area contributed by atoms with Crippen molar-refractivity contribution < 1.29 is 42.4 Å². The highest BCUT2D eigenvalue weighted by atomic mass is 16.6. The summed E-state index contributed by atoms with van der Waals surface area (Å²) in [6.45, 7) is 3.91. The summed E-state index contributed by atoms with van der Waals surface area (Å²) in [6.07, 6.45) is 0. The summed E-state index contributed by atoms with van der Waals surface area (Å²) in [5, 5.41) is 0.603. The van der Waals surface area contributed by atoms with Crippen LogP contribution >= 0.6 is 0 Å². The Hall–Kier alpha value is -3.44. The molecule has 0 saturated heterocycles. The van der Waals surface area contributed by atoms with Crippen LogP contribution in [0.1, 0.15) is 15.9 Å². The molecule has 0 radical (unpaired) electrons. The zero-order valence-corrected chi connectivity index (χ0v) is 20.7. The van der Waals surface area contributed by atoms with Gasteiger partial charge in [-0.2, -0.15) is 0 Å². The van der Waals surface area contributed by atoms with Crippen molar-refractivity contribution in [1.29, 1.82) is 0 Å². The summed E-state index contributed by atoms with van der Waals surface area (Å²) in [5.74, 6) is 0.850. The number of ketones is 1. The highest BCUT2D eigenvalue weighted by Crippen LogP contribution is 2.30. The second-order valence-corrected chi connectivity index (χ2v) is 7.99. The van der Waals surface area contributed by atoms with E-state index < -0.39 is 11.4 Å². The van der Waals surface area contributed by atoms with Crippen LogP contribution in [0.3, 0.4) is 0 Å². The zero-order chi connectivity index (χ0) is 25.9. The van der Waals surface area contributed by atoms with Gasteiger partial charge < -0.3 is 37.6 Å². The van der Waals surface area contributed by atoms with E-state index in [-0.39, 0.29) is 24.3 Å². The molecule has 1 aliphatic rings. The number of carbonyl (C=O) groups excluding carboxylic acids is 1. The standard InChI is InChI=1S/C27H30O10/c1-30-21-4-2-19-16-22(27(29)37-24(19)18-21)26(28)20-3-5-23-25(17-20)36-15-13-34-11-9-32-7-6-31-8-10-33-12-14-35-23/h2-5,16-18H,6-15H2,1H3. The molecule has 0 unspecified atom stereocenters. The second kappa shape index (κ2) is 13.8. The van der Waals surface area contributed by atoms with Gasteiger partial charge in [0.05, 0.1) is 60.0 Å². The molecule has 0 bridgehead atoms. The molecule has 2 heterocycles. The Morgan fingerprint density at radius 1 is 0.703 bits per heavy atom. The van der Waals surface area contributed by atoms with Gasteiger partial charge in [0.25, 0.3) is 0 Å². The number of fused-ring (bicyclic) bond motifs is 2. The molecule has 37 heavy (non-hydrogen) atoms. The van der Waals surface area contributed by atoms with Crippen LogP contribution in [0.25, 0.3) is 11.0 Å². The maximum atomic E-state index is 13.3. The lowest BCUT2D eigenvalue weighted by atomic mass is 10.0. The van der Waals surface area contributed by atoms with Gasteiger partial charge in [-0.05, 0) is 36.4 Å². The SMILES string of the molecule is COc1ccc2cc(C(=O)c3ccc4c(c3)OCCOCCOCCOCCOCCO4)c(=O)oc2c1. The Kier molecular flexibility index (Phi) is 9.89. The lowest BCUT2D eigenvalue weighted by Gasteiger charge is -2.15. The molecule has 3 aromatic rings. The molecule has 198 valence electrons. The van der Waals surface area contributed by atoms with Crippen LogP contribution in [-0.2, 0) is 18.9 Å². The molecule has 10 nitrogen and oxygen atoms in total. The first-order valence-corrected chi connectivity index (χ1v) is 12.0. The largest absolute Gasteiger partial charge is 0.497 e. The third kappa shape index (κ3) is 7.53. The summed E-state index contributed by atoms with van der Waals surface area (Å²) in [6, 6.07) is 11.3. The number of hydrogen-bond acceptors (Lipinski definition) is 10. The van der Waals surface area contributed by atoms with E-state index in [1.807, 2.05) is 0 Å². The highest BCUT2D eigenvalue weighted by molar-refractivity contribution is 6.10. The third-order valence-electron chi connectivity index (χ3n) is 5.48. The first kappa shape index (κ1) is 26.6. The van der Waals surface area contributed by atoms with Crippen LogP contribution < -0.4 is 19.8 Å². The fourth-order valence-electron chi connectivity index (χ4n) is 3.60. The van der Waals surface area contributed by atoms with Crippen molar-refractivity contribution in [2.24, 2.45) is 0 Å². The summed E-state index contributed by atoms with van der Waals surface area (Å²) < 4.78 is 44.2. The molecule has 0 aliphatic carbocycles. The van der Waals surface area contributed by atoms with Gasteiger partial charge in [0.2, 0.25) is 5.78 Å². The molecule has 0 saturated carbocycles. The van der Waals surface area contributed by atoms with Gasteiger partial charge in [0.15, 0.2) is 11.5 Å². The minimum absolute atomic E-state index is 0.0855. The van der Waals surface area contributed by atoms with Gasteiger partial charge in [0, 0.05) is 17.0 Å². The molecule has 0 atom stereocenters. The molecular formula is C27H30O10. The average molecular weight is 515 g/mol. The number of ether oxygens (including phenoxy) is 7. The van der Waals surface area contributed by atoms with Crippen molar-refractivity contribution in [2.45, 2.75) is 0 Å². The van der Waals surface area contributed by atoms with Crippen LogP contribution in [0, 0.1) is 0 Å². The van der Waals surface area contributed by atoms with E-state index in [0.717, 1.165) is 0 Å². The van der Waals surface area contributed by atoms with E-state index in [0.29, 0.717) is 81.1 Å². The average Bonchev–Trinajstić information content (AvgIpc) is 2.91.